The van der Waals surface area contributed by atoms with Crippen LogP contribution in [0.1, 0.15) is 19.3 Å². The van der Waals surface area contributed by atoms with Crippen molar-refractivity contribution in [2.24, 2.45) is 0 Å². The molecule has 4 aliphatic rings. The summed E-state index contributed by atoms with van der Waals surface area (Å²) in [5.74, 6) is 2.16. The van der Waals surface area contributed by atoms with Gasteiger partial charge in [-0.15, -0.1) is 11.3 Å². The standard InChI is InChI=1S/C20H22N4O3S2/c25-29-7-3-14(4-8-29)26-16-2-1-15(19-21-5-6-28-19)18-17(16)23-20(27-18)24-10-12-9-13(11-24)22-12/h1-2,5-6,12-14,22H,3-4,7-11H2. The fourth-order valence-corrected chi connectivity index (χ4v) is 6.38. The van der Waals surface area contributed by atoms with Crippen molar-refractivity contribution in [2.75, 3.05) is 29.5 Å². The molecule has 4 saturated heterocycles. The fourth-order valence-electron chi connectivity index (χ4n) is 4.47. The maximum absolute atomic E-state index is 11.7. The van der Waals surface area contributed by atoms with Gasteiger partial charge in [0.05, 0.1) is 5.56 Å². The smallest absolute Gasteiger partial charge is 0.298 e. The third-order valence-electron chi connectivity index (χ3n) is 5.98. The van der Waals surface area contributed by atoms with Crippen LogP contribution >= 0.6 is 11.3 Å². The molecule has 0 spiro atoms. The number of hydrogen-bond donors (Lipinski definition) is 1. The van der Waals surface area contributed by atoms with Crippen LogP contribution in [-0.2, 0) is 11.2 Å². The number of nitrogens with zero attached hydrogens (tertiary/aromatic N) is 3. The molecule has 0 aliphatic carbocycles. The maximum atomic E-state index is 11.7. The Hall–Kier alpha value is -1.81. The van der Waals surface area contributed by atoms with Crippen molar-refractivity contribution in [3.8, 4) is 16.3 Å². The van der Waals surface area contributed by atoms with E-state index in [-0.39, 0.29) is 6.10 Å². The van der Waals surface area contributed by atoms with E-state index in [4.69, 9.17) is 14.1 Å². The molecule has 4 fully saturated rings. The van der Waals surface area contributed by atoms with Crippen LogP contribution in [0, 0.1) is 0 Å². The summed E-state index contributed by atoms with van der Waals surface area (Å²) in [6, 6.07) is 5.71. The van der Waals surface area contributed by atoms with E-state index >= 15 is 0 Å². The number of rotatable bonds is 4. The fraction of sp³-hybridized carbons (Fsp3) is 0.500. The third-order valence-corrected chi connectivity index (χ3v) is 8.17. The molecule has 7 nitrogen and oxygen atoms in total. The Bertz CT molecular complexity index is 1000. The number of aromatic nitrogens is 2. The van der Waals surface area contributed by atoms with Gasteiger partial charge in [-0.3, -0.25) is 0 Å². The van der Waals surface area contributed by atoms with Gasteiger partial charge in [-0.2, -0.15) is 4.98 Å². The van der Waals surface area contributed by atoms with Gasteiger partial charge in [0.15, 0.2) is 11.1 Å². The molecule has 29 heavy (non-hydrogen) atoms. The summed E-state index contributed by atoms with van der Waals surface area (Å²) in [6.45, 7) is 1.83. The summed E-state index contributed by atoms with van der Waals surface area (Å²) < 4.78 is 24.3. The SMILES string of the molecule is [O-][S+]1CCC(Oc2ccc(-c3nccs3)c3oc(N4CC5CC(C4)N5)nc23)CC1. The first-order chi connectivity index (χ1) is 14.2. The highest BCUT2D eigenvalue weighted by Crippen LogP contribution is 2.39. The van der Waals surface area contributed by atoms with Gasteiger partial charge in [0, 0.05) is 49.6 Å². The summed E-state index contributed by atoms with van der Waals surface area (Å²) in [5, 5.41) is 6.43. The van der Waals surface area contributed by atoms with Crippen LogP contribution in [-0.4, -0.2) is 57.3 Å². The van der Waals surface area contributed by atoms with Crippen molar-refractivity contribution in [1.82, 2.24) is 15.3 Å². The number of piperazine rings is 1. The minimum atomic E-state index is -0.702. The van der Waals surface area contributed by atoms with E-state index in [9.17, 15) is 4.55 Å². The number of piperidine rings is 1. The first-order valence-electron chi connectivity index (χ1n) is 10.1. The highest BCUT2D eigenvalue weighted by atomic mass is 32.2. The van der Waals surface area contributed by atoms with Crippen molar-refractivity contribution in [3.05, 3.63) is 23.7 Å². The van der Waals surface area contributed by atoms with Gasteiger partial charge in [0.2, 0.25) is 0 Å². The first kappa shape index (κ1) is 18.0. The van der Waals surface area contributed by atoms with Gasteiger partial charge in [0.1, 0.15) is 28.4 Å². The Morgan fingerprint density at radius 1 is 1.24 bits per heavy atom. The van der Waals surface area contributed by atoms with E-state index in [1.54, 1.807) is 17.5 Å². The molecule has 2 unspecified atom stereocenters. The summed E-state index contributed by atoms with van der Waals surface area (Å²) >= 11 is 0.886. The van der Waals surface area contributed by atoms with Gasteiger partial charge < -0.3 is 23.9 Å². The van der Waals surface area contributed by atoms with Crippen LogP contribution in [0.4, 0.5) is 6.01 Å². The Morgan fingerprint density at radius 2 is 2.03 bits per heavy atom. The molecule has 2 bridgehead atoms. The number of benzene rings is 1. The lowest BCUT2D eigenvalue weighted by Gasteiger charge is -2.47. The van der Waals surface area contributed by atoms with Crippen LogP contribution in [0.15, 0.2) is 28.1 Å². The molecule has 2 aromatic heterocycles. The predicted octanol–water partition coefficient (Wildman–Crippen LogP) is 2.79. The maximum Gasteiger partial charge on any atom is 0.298 e. The highest BCUT2D eigenvalue weighted by Gasteiger charge is 2.38. The molecule has 6 heterocycles. The molecule has 0 amide bonds. The molecule has 1 N–H and O–H groups in total. The second kappa shape index (κ2) is 7.16. The van der Waals surface area contributed by atoms with E-state index in [0.717, 1.165) is 53.4 Å². The molecular formula is C20H22N4O3S2. The third kappa shape index (κ3) is 3.30. The van der Waals surface area contributed by atoms with Crippen molar-refractivity contribution in [2.45, 2.75) is 37.5 Å². The molecular weight excluding hydrogens is 408 g/mol. The lowest BCUT2D eigenvalue weighted by atomic mass is 9.92. The molecule has 3 aromatic rings. The van der Waals surface area contributed by atoms with Crippen molar-refractivity contribution in [3.63, 3.8) is 0 Å². The van der Waals surface area contributed by atoms with E-state index in [0.29, 0.717) is 29.6 Å². The van der Waals surface area contributed by atoms with E-state index in [1.807, 2.05) is 17.5 Å². The quantitative estimate of drug-likeness (QED) is 0.637. The molecule has 0 saturated carbocycles. The first-order valence-corrected chi connectivity index (χ1v) is 12.5. The van der Waals surface area contributed by atoms with Crippen LogP contribution in [0.5, 0.6) is 5.75 Å². The van der Waals surface area contributed by atoms with Crippen LogP contribution in [0.3, 0.4) is 0 Å². The average Bonchev–Trinajstić information content (AvgIpc) is 3.40. The van der Waals surface area contributed by atoms with Crippen molar-refractivity contribution < 1.29 is 13.7 Å². The minimum Gasteiger partial charge on any atom is -0.616 e. The number of anilines is 1. The number of fused-ring (bicyclic) bond motifs is 3. The highest BCUT2D eigenvalue weighted by molar-refractivity contribution is 7.91. The number of nitrogens with one attached hydrogen (secondary N) is 1. The van der Waals surface area contributed by atoms with Gasteiger partial charge in [-0.1, -0.05) is 11.2 Å². The zero-order chi connectivity index (χ0) is 19.4. The second-order valence-electron chi connectivity index (χ2n) is 7.99. The summed E-state index contributed by atoms with van der Waals surface area (Å²) in [5.41, 5.74) is 2.44. The number of oxazole rings is 1. The van der Waals surface area contributed by atoms with Crippen LogP contribution in [0.25, 0.3) is 21.7 Å². The largest absolute Gasteiger partial charge is 0.616 e. The van der Waals surface area contributed by atoms with Crippen LogP contribution in [0.2, 0.25) is 0 Å². The predicted molar refractivity (Wildman–Crippen MR) is 114 cm³/mol. The molecule has 9 heteroatoms. The Kier molecular flexibility index (Phi) is 4.44. The van der Waals surface area contributed by atoms with E-state index in [2.05, 4.69) is 15.2 Å². The van der Waals surface area contributed by atoms with Crippen LogP contribution < -0.4 is 15.0 Å². The van der Waals surface area contributed by atoms with E-state index < -0.39 is 11.2 Å². The lowest BCUT2D eigenvalue weighted by molar-refractivity contribution is 0.192. The van der Waals surface area contributed by atoms with Gasteiger partial charge in [-0.25, -0.2) is 4.98 Å². The topological polar surface area (TPSA) is 86.5 Å². The Labute approximate surface area is 175 Å². The molecule has 4 aliphatic heterocycles. The molecule has 0 radical (unpaired) electrons. The van der Waals surface area contributed by atoms with Crippen molar-refractivity contribution in [1.29, 1.82) is 0 Å². The average molecular weight is 431 g/mol. The summed E-state index contributed by atoms with van der Waals surface area (Å²) in [6.07, 6.45) is 4.74. The Balaban J connectivity index is 1.38. The zero-order valence-electron chi connectivity index (χ0n) is 15.9. The minimum absolute atomic E-state index is 0.0774. The number of ether oxygens (including phenoxy) is 1. The monoisotopic (exact) mass is 430 g/mol. The van der Waals surface area contributed by atoms with Crippen molar-refractivity contribution >= 4 is 39.6 Å². The second-order valence-corrected chi connectivity index (χ2v) is 10.6. The summed E-state index contributed by atoms with van der Waals surface area (Å²) in [7, 11) is 0. The molecule has 7 rings (SSSR count). The van der Waals surface area contributed by atoms with E-state index in [1.165, 1.54) is 6.42 Å². The summed E-state index contributed by atoms with van der Waals surface area (Å²) in [4.78, 5) is 11.6. The normalized spacial score (nSPS) is 29.1. The number of thiazole rings is 1. The van der Waals surface area contributed by atoms with Gasteiger partial charge in [0.25, 0.3) is 6.01 Å². The van der Waals surface area contributed by atoms with Gasteiger partial charge >= 0.3 is 0 Å². The number of hydrogen-bond acceptors (Lipinski definition) is 8. The zero-order valence-corrected chi connectivity index (χ0v) is 17.5. The molecule has 2 atom stereocenters. The Morgan fingerprint density at radius 3 is 2.76 bits per heavy atom. The molecule has 1 aromatic carbocycles. The van der Waals surface area contributed by atoms with Gasteiger partial charge in [-0.05, 0) is 18.6 Å². The lowest BCUT2D eigenvalue weighted by Crippen LogP contribution is -2.67. The molecule has 152 valence electrons.